The Hall–Kier alpha value is -10.8. The maximum atomic E-state index is 13.4. The SMILES string of the molecule is Cn1cc(NC(=O)c2cc(NC(=O)c3cc(NC(=O)c4nc(NC(=O)[C@H](N)CCNC(=O)c5cc(NC(=O)c6cc(NC(=O)c7cc(NC(=O)c8nccn8C)cn7C)cn6C)cn5C)cn4C)cn3C)cn2C)cc1C(=O)NCCCN. The van der Waals surface area contributed by atoms with Crippen molar-refractivity contribution in [3.63, 3.8) is 0 Å². The fourth-order valence-electron chi connectivity index (χ4n) is 8.80. The van der Waals surface area contributed by atoms with Crippen LogP contribution in [0.2, 0.25) is 0 Å². The van der Waals surface area contributed by atoms with Gasteiger partial charge in [0.15, 0.2) is 11.6 Å². The van der Waals surface area contributed by atoms with Gasteiger partial charge >= 0.3 is 0 Å². The van der Waals surface area contributed by atoms with Gasteiger partial charge in [-0.3, -0.25) is 43.2 Å². The van der Waals surface area contributed by atoms with Gasteiger partial charge in [0.05, 0.1) is 40.2 Å². The highest BCUT2D eigenvalue weighted by Gasteiger charge is 2.24. The third-order valence-electron chi connectivity index (χ3n) is 13.1. The number of nitrogens with two attached hydrogens (primary N) is 2. The number of nitrogens with one attached hydrogen (secondary N) is 9. The molecule has 30 nitrogen and oxygen atoms in total. The zero-order chi connectivity index (χ0) is 60.0. The molecule has 0 saturated heterocycles. The molecule has 8 aromatic rings. The number of nitrogens with zero attached hydrogens (tertiary/aromatic N) is 10. The normalized spacial score (nSPS) is 11.4. The second-order valence-corrected chi connectivity index (χ2v) is 19.5. The molecule has 0 aliphatic rings. The lowest BCUT2D eigenvalue weighted by Crippen LogP contribution is -2.39. The Balaban J connectivity index is 0.774. The number of imidazole rings is 2. The molecule has 0 spiro atoms. The van der Waals surface area contributed by atoms with Crippen molar-refractivity contribution in [2.75, 3.05) is 56.9 Å². The third kappa shape index (κ3) is 13.6. The lowest BCUT2D eigenvalue weighted by atomic mass is 10.2. The van der Waals surface area contributed by atoms with Gasteiger partial charge in [0.25, 0.3) is 47.3 Å². The molecule has 8 heterocycles. The van der Waals surface area contributed by atoms with E-state index in [2.05, 4.69) is 57.8 Å². The summed E-state index contributed by atoms with van der Waals surface area (Å²) in [4.78, 5) is 127. The number of rotatable bonds is 22. The molecular weight excluding hydrogens is 1070 g/mol. The van der Waals surface area contributed by atoms with E-state index in [1.54, 1.807) is 113 Å². The molecule has 0 unspecified atom stereocenters. The maximum absolute atomic E-state index is 13.4. The molecule has 0 bridgehead atoms. The topological polar surface area (TPSA) is 379 Å². The van der Waals surface area contributed by atoms with Crippen LogP contribution in [-0.2, 0) is 61.2 Å². The Morgan fingerprint density at radius 1 is 0.422 bits per heavy atom. The first-order valence-corrected chi connectivity index (χ1v) is 25.7. The zero-order valence-electron chi connectivity index (χ0n) is 46.6. The number of carbonyl (C=O) groups is 9. The number of hydrogen-bond donors (Lipinski definition) is 11. The smallest absolute Gasteiger partial charge is 0.291 e. The second kappa shape index (κ2) is 24.7. The monoisotopic (exact) mass is 1140 g/mol. The summed E-state index contributed by atoms with van der Waals surface area (Å²) in [6.07, 6.45) is 14.6. The van der Waals surface area contributed by atoms with E-state index in [1.807, 2.05) is 0 Å². The number of amides is 9. The molecule has 8 rings (SSSR count). The van der Waals surface area contributed by atoms with Crippen molar-refractivity contribution in [1.29, 1.82) is 0 Å². The zero-order valence-corrected chi connectivity index (χ0v) is 46.6. The van der Waals surface area contributed by atoms with Gasteiger partial charge in [-0.1, -0.05) is 0 Å². The predicted molar refractivity (Wildman–Crippen MR) is 306 cm³/mol. The first kappa shape index (κ1) is 58.4. The Morgan fingerprint density at radius 3 is 1.11 bits per heavy atom. The molecule has 13 N–H and O–H groups in total. The van der Waals surface area contributed by atoms with Crippen LogP contribution in [0.3, 0.4) is 0 Å². The number of aryl methyl sites for hydroxylation is 8. The summed E-state index contributed by atoms with van der Waals surface area (Å²) in [6, 6.07) is 7.87. The fraction of sp³-hybridized carbons (Fsp3) is 0.264. The Kier molecular flexibility index (Phi) is 17.4. The second-order valence-electron chi connectivity index (χ2n) is 19.5. The van der Waals surface area contributed by atoms with E-state index in [1.165, 1.54) is 71.8 Å². The molecule has 8 aromatic heterocycles. The van der Waals surface area contributed by atoms with Crippen LogP contribution in [0, 0.1) is 0 Å². The van der Waals surface area contributed by atoms with Crippen LogP contribution in [0.5, 0.6) is 0 Å². The van der Waals surface area contributed by atoms with E-state index in [0.717, 1.165) is 0 Å². The van der Waals surface area contributed by atoms with Crippen molar-refractivity contribution in [2.24, 2.45) is 67.8 Å². The van der Waals surface area contributed by atoms with Crippen molar-refractivity contribution in [3.8, 4) is 0 Å². The molecule has 0 aliphatic carbocycles. The number of aromatic nitrogens is 10. The summed E-state index contributed by atoms with van der Waals surface area (Å²) >= 11 is 0. The van der Waals surface area contributed by atoms with Crippen molar-refractivity contribution < 1.29 is 43.2 Å². The Bertz CT molecular complexity index is 3830. The van der Waals surface area contributed by atoms with Crippen molar-refractivity contribution in [2.45, 2.75) is 18.9 Å². The van der Waals surface area contributed by atoms with Crippen LogP contribution in [0.15, 0.2) is 92.2 Å². The molecule has 30 heteroatoms. The summed E-state index contributed by atoms with van der Waals surface area (Å²) in [7, 11) is 13.1. The highest BCUT2D eigenvalue weighted by Crippen LogP contribution is 2.23. The lowest BCUT2D eigenvalue weighted by Gasteiger charge is -2.11. The highest BCUT2D eigenvalue weighted by atomic mass is 16.2. The highest BCUT2D eigenvalue weighted by molar-refractivity contribution is 6.10. The molecule has 434 valence electrons. The van der Waals surface area contributed by atoms with E-state index in [9.17, 15) is 43.2 Å². The summed E-state index contributed by atoms with van der Waals surface area (Å²) in [5.74, 6) is -4.43. The van der Waals surface area contributed by atoms with Gasteiger partial charge in [0.1, 0.15) is 34.2 Å². The molecule has 9 amide bonds. The molecule has 0 aliphatic heterocycles. The van der Waals surface area contributed by atoms with Gasteiger partial charge in [-0.25, -0.2) is 9.97 Å². The largest absolute Gasteiger partial charge is 0.351 e. The Morgan fingerprint density at radius 2 is 0.759 bits per heavy atom. The first-order valence-electron chi connectivity index (χ1n) is 25.7. The predicted octanol–water partition coefficient (Wildman–Crippen LogP) is 1.86. The maximum Gasteiger partial charge on any atom is 0.291 e. The molecule has 0 radical (unpaired) electrons. The van der Waals surface area contributed by atoms with Crippen molar-refractivity contribution >= 4 is 93.1 Å². The van der Waals surface area contributed by atoms with Crippen molar-refractivity contribution in [3.05, 3.63) is 138 Å². The standard InChI is InChI=1S/C53H63N21O9/c1-67-15-14-56-43(67)52(82)63-33-20-40(72(6)26-33)50(80)61-31-18-39(71(5)24-31)49(79)60-30-17-37(69(3)23-30)47(77)58-13-10-35(55)45(75)66-42-28-74(8)44(65-42)53(83)64-34-21-41(73(7)27-34)51(81)62-32-19-38(70(4)25-32)48(78)59-29-16-36(68(2)22-29)46(76)57-12-9-11-54/h14-28,35H,9-13,54-55H2,1-8H3,(H,57,76)(H,58,77)(H,59,78)(H,60,79)(H,61,80)(H,62,81)(H,63,82)(H,64,83)(H,66,75)/t35-/m1/s1. The van der Waals surface area contributed by atoms with Crippen LogP contribution in [0.25, 0.3) is 0 Å². The average Bonchev–Trinajstić information content (AvgIpc) is 4.48. The Labute approximate surface area is 473 Å². The quantitative estimate of drug-likeness (QED) is 0.0433. The molecule has 0 saturated carbocycles. The van der Waals surface area contributed by atoms with Crippen LogP contribution in [0.1, 0.15) is 97.0 Å². The number of carbonyl (C=O) groups excluding carboxylic acids is 9. The van der Waals surface area contributed by atoms with Gasteiger partial charge in [-0.15, -0.1) is 0 Å². The van der Waals surface area contributed by atoms with E-state index in [4.69, 9.17) is 11.5 Å². The summed E-state index contributed by atoms with van der Waals surface area (Å²) in [5.41, 5.74) is 15.1. The molecule has 0 aromatic carbocycles. The van der Waals surface area contributed by atoms with E-state index >= 15 is 0 Å². The number of hydrogen-bond acceptors (Lipinski definition) is 13. The minimum Gasteiger partial charge on any atom is -0.351 e. The van der Waals surface area contributed by atoms with Gasteiger partial charge in [0, 0.05) is 125 Å². The van der Waals surface area contributed by atoms with Crippen LogP contribution in [0.4, 0.5) is 39.9 Å². The molecule has 1 atom stereocenters. The minimum atomic E-state index is -1.10. The van der Waals surface area contributed by atoms with Gasteiger partial charge in [-0.05, 0) is 55.8 Å². The molecular formula is C53H63N21O9. The van der Waals surface area contributed by atoms with E-state index in [0.29, 0.717) is 53.6 Å². The third-order valence-corrected chi connectivity index (χ3v) is 13.1. The summed E-state index contributed by atoms with van der Waals surface area (Å²) in [6.45, 7) is 0.850. The number of anilines is 7. The lowest BCUT2D eigenvalue weighted by molar-refractivity contribution is -0.117. The fourth-order valence-corrected chi connectivity index (χ4v) is 8.80. The van der Waals surface area contributed by atoms with E-state index in [-0.39, 0.29) is 70.5 Å². The van der Waals surface area contributed by atoms with E-state index < -0.39 is 53.3 Å². The average molecular weight is 1140 g/mol. The summed E-state index contributed by atoms with van der Waals surface area (Å²) < 4.78 is 12.2. The van der Waals surface area contributed by atoms with Crippen molar-refractivity contribution in [1.82, 2.24) is 57.1 Å². The van der Waals surface area contributed by atoms with Crippen LogP contribution >= 0.6 is 0 Å². The molecule has 83 heavy (non-hydrogen) atoms. The molecule has 0 fully saturated rings. The minimum absolute atomic E-state index is 0.00592. The van der Waals surface area contributed by atoms with Gasteiger partial charge in [0.2, 0.25) is 11.7 Å². The first-order chi connectivity index (χ1) is 39.5. The van der Waals surface area contributed by atoms with Gasteiger partial charge < -0.3 is 95.9 Å². The van der Waals surface area contributed by atoms with Crippen LogP contribution < -0.4 is 59.3 Å². The van der Waals surface area contributed by atoms with Gasteiger partial charge in [-0.2, -0.15) is 0 Å². The summed E-state index contributed by atoms with van der Waals surface area (Å²) in [5, 5.41) is 24.6. The van der Waals surface area contributed by atoms with Crippen LogP contribution in [-0.4, -0.2) is 125 Å².